The number of rotatable bonds is 8. The summed E-state index contributed by atoms with van der Waals surface area (Å²) >= 11 is 0. The van der Waals surface area contributed by atoms with E-state index in [1.54, 1.807) is 0 Å². The summed E-state index contributed by atoms with van der Waals surface area (Å²) in [7, 11) is 0. The smallest absolute Gasteiger partial charge is 0.322 e. The van der Waals surface area contributed by atoms with Gasteiger partial charge in [0.25, 0.3) is 0 Å². The van der Waals surface area contributed by atoms with Crippen molar-refractivity contribution in [3.63, 3.8) is 0 Å². The van der Waals surface area contributed by atoms with E-state index in [2.05, 4.69) is 19.2 Å². The Bertz CT molecular complexity index is 307. The average molecular weight is 272 g/mol. The molecule has 19 heavy (non-hydrogen) atoms. The first kappa shape index (κ1) is 15.9. The molecule has 1 amide bonds. The average Bonchev–Trinajstić information content (AvgIpc) is 2.73. The van der Waals surface area contributed by atoms with Gasteiger partial charge in [-0.05, 0) is 18.8 Å². The lowest BCUT2D eigenvalue weighted by molar-refractivity contribution is -0.138. The molecule has 1 aliphatic rings. The van der Waals surface area contributed by atoms with E-state index in [0.717, 1.165) is 32.5 Å². The Labute approximate surface area is 114 Å². The zero-order valence-corrected chi connectivity index (χ0v) is 11.7. The molecule has 0 bridgehead atoms. The van der Waals surface area contributed by atoms with E-state index < -0.39 is 5.97 Å². The topological polar surface area (TPSA) is 78.9 Å². The highest BCUT2D eigenvalue weighted by molar-refractivity contribution is 5.82. The highest BCUT2D eigenvalue weighted by atomic mass is 16.5. The van der Waals surface area contributed by atoms with Crippen molar-refractivity contribution in [2.45, 2.75) is 32.8 Å². The highest BCUT2D eigenvalue weighted by Crippen LogP contribution is 2.13. The molecule has 1 saturated heterocycles. The number of aliphatic carboxylic acids is 1. The molecule has 0 aromatic carbocycles. The Morgan fingerprint density at radius 1 is 1.47 bits per heavy atom. The first-order valence-corrected chi connectivity index (χ1v) is 6.80. The van der Waals surface area contributed by atoms with Gasteiger partial charge in [-0.3, -0.25) is 14.5 Å². The molecule has 1 heterocycles. The monoisotopic (exact) mass is 272 g/mol. The Hall–Kier alpha value is -1.14. The molecule has 1 unspecified atom stereocenters. The van der Waals surface area contributed by atoms with Gasteiger partial charge in [-0.2, -0.15) is 0 Å². The maximum atomic E-state index is 11.5. The SMILES string of the molecule is CC(C)CCOC1CCN(CC(=O)NCC(=O)O)C1. The normalized spacial score (nSPS) is 19.8. The van der Waals surface area contributed by atoms with Gasteiger partial charge in [0.15, 0.2) is 0 Å². The standard InChI is InChI=1S/C13H24N2O4/c1-10(2)4-6-19-11-3-5-15(8-11)9-12(16)14-7-13(17)18/h10-11H,3-9H2,1-2H3,(H,14,16)(H,17,18). The number of ether oxygens (including phenoxy) is 1. The molecule has 110 valence electrons. The van der Waals surface area contributed by atoms with Crippen molar-refractivity contribution >= 4 is 11.9 Å². The molecular weight excluding hydrogens is 248 g/mol. The Morgan fingerprint density at radius 2 is 2.21 bits per heavy atom. The summed E-state index contributed by atoms with van der Waals surface area (Å²) in [6, 6.07) is 0. The zero-order chi connectivity index (χ0) is 14.3. The Balaban J connectivity index is 2.14. The van der Waals surface area contributed by atoms with Crippen LogP contribution in [-0.4, -0.2) is 60.8 Å². The number of likely N-dealkylation sites (tertiary alicyclic amines) is 1. The first-order valence-electron chi connectivity index (χ1n) is 6.80. The summed E-state index contributed by atoms with van der Waals surface area (Å²) in [5.74, 6) is -0.630. The number of carbonyl (C=O) groups excluding carboxylic acids is 1. The van der Waals surface area contributed by atoms with E-state index in [9.17, 15) is 9.59 Å². The van der Waals surface area contributed by atoms with Gasteiger partial charge in [-0.25, -0.2) is 0 Å². The summed E-state index contributed by atoms with van der Waals surface area (Å²) in [6.45, 7) is 6.60. The minimum atomic E-state index is -1.02. The summed E-state index contributed by atoms with van der Waals surface area (Å²) < 4.78 is 5.76. The lowest BCUT2D eigenvalue weighted by Gasteiger charge is -2.16. The lowest BCUT2D eigenvalue weighted by Crippen LogP contribution is -2.38. The predicted octanol–water partition coefficient (Wildman–Crippen LogP) is 0.324. The largest absolute Gasteiger partial charge is 0.480 e. The van der Waals surface area contributed by atoms with Crippen LogP contribution < -0.4 is 5.32 Å². The van der Waals surface area contributed by atoms with Crippen LogP contribution in [0.2, 0.25) is 0 Å². The molecule has 6 heteroatoms. The molecule has 1 rings (SSSR count). The van der Waals surface area contributed by atoms with Crippen LogP contribution in [0.5, 0.6) is 0 Å². The van der Waals surface area contributed by atoms with Crippen molar-refractivity contribution in [1.29, 1.82) is 0 Å². The second-order valence-corrected chi connectivity index (χ2v) is 5.37. The third kappa shape index (κ3) is 7.12. The van der Waals surface area contributed by atoms with E-state index >= 15 is 0 Å². The summed E-state index contributed by atoms with van der Waals surface area (Å²) in [5.41, 5.74) is 0. The molecule has 0 aliphatic carbocycles. The molecule has 0 radical (unpaired) electrons. The summed E-state index contributed by atoms with van der Waals surface area (Å²) in [6.07, 6.45) is 2.19. The summed E-state index contributed by atoms with van der Waals surface area (Å²) in [4.78, 5) is 23.8. The molecule has 0 saturated carbocycles. The van der Waals surface area contributed by atoms with Crippen LogP contribution in [0.15, 0.2) is 0 Å². The van der Waals surface area contributed by atoms with Gasteiger partial charge in [-0.15, -0.1) is 0 Å². The minimum Gasteiger partial charge on any atom is -0.480 e. The van der Waals surface area contributed by atoms with Crippen molar-refractivity contribution in [3.8, 4) is 0 Å². The third-order valence-electron chi connectivity index (χ3n) is 3.08. The fourth-order valence-corrected chi connectivity index (χ4v) is 1.98. The fraction of sp³-hybridized carbons (Fsp3) is 0.846. The number of hydrogen-bond acceptors (Lipinski definition) is 4. The van der Waals surface area contributed by atoms with Gasteiger partial charge in [-0.1, -0.05) is 13.8 Å². The maximum Gasteiger partial charge on any atom is 0.322 e. The van der Waals surface area contributed by atoms with Crippen LogP contribution in [0.25, 0.3) is 0 Å². The molecule has 1 atom stereocenters. The number of nitrogens with zero attached hydrogens (tertiary/aromatic N) is 1. The second kappa shape index (κ2) is 8.12. The van der Waals surface area contributed by atoms with Crippen LogP contribution in [0.4, 0.5) is 0 Å². The van der Waals surface area contributed by atoms with E-state index in [1.165, 1.54) is 0 Å². The molecule has 1 fully saturated rings. The van der Waals surface area contributed by atoms with Gasteiger partial charge in [0, 0.05) is 19.7 Å². The molecule has 6 nitrogen and oxygen atoms in total. The molecule has 1 aliphatic heterocycles. The minimum absolute atomic E-state index is 0.200. The van der Waals surface area contributed by atoms with Crippen LogP contribution in [0, 0.1) is 5.92 Å². The van der Waals surface area contributed by atoms with Gasteiger partial charge in [0.1, 0.15) is 6.54 Å². The summed E-state index contributed by atoms with van der Waals surface area (Å²) in [5, 5.41) is 10.8. The van der Waals surface area contributed by atoms with Gasteiger partial charge in [0.05, 0.1) is 12.6 Å². The van der Waals surface area contributed by atoms with E-state index in [4.69, 9.17) is 9.84 Å². The number of amides is 1. The zero-order valence-electron chi connectivity index (χ0n) is 11.7. The van der Waals surface area contributed by atoms with Crippen molar-refractivity contribution in [3.05, 3.63) is 0 Å². The number of carbonyl (C=O) groups is 2. The first-order chi connectivity index (χ1) is 8.97. The van der Waals surface area contributed by atoms with Gasteiger partial charge in [0.2, 0.25) is 5.91 Å². The number of carboxylic acids is 1. The molecular formula is C13H24N2O4. The Morgan fingerprint density at radius 3 is 2.84 bits per heavy atom. The number of hydrogen-bond donors (Lipinski definition) is 2. The van der Waals surface area contributed by atoms with E-state index in [-0.39, 0.29) is 25.1 Å². The number of nitrogens with one attached hydrogen (secondary N) is 1. The fourth-order valence-electron chi connectivity index (χ4n) is 1.98. The van der Waals surface area contributed by atoms with Gasteiger partial charge < -0.3 is 15.2 Å². The van der Waals surface area contributed by atoms with Crippen molar-refractivity contribution < 1.29 is 19.4 Å². The predicted molar refractivity (Wildman–Crippen MR) is 70.9 cm³/mol. The van der Waals surface area contributed by atoms with Crippen LogP contribution in [-0.2, 0) is 14.3 Å². The molecule has 2 N–H and O–H groups in total. The molecule has 0 aromatic rings. The Kier molecular flexibility index (Phi) is 6.80. The highest BCUT2D eigenvalue weighted by Gasteiger charge is 2.24. The molecule has 0 spiro atoms. The third-order valence-corrected chi connectivity index (χ3v) is 3.08. The van der Waals surface area contributed by atoms with Crippen molar-refractivity contribution in [2.75, 3.05) is 32.8 Å². The maximum absolute atomic E-state index is 11.5. The van der Waals surface area contributed by atoms with Crippen molar-refractivity contribution in [1.82, 2.24) is 10.2 Å². The van der Waals surface area contributed by atoms with Crippen LogP contribution in [0.1, 0.15) is 26.7 Å². The second-order valence-electron chi connectivity index (χ2n) is 5.37. The van der Waals surface area contributed by atoms with E-state index in [1.807, 2.05) is 4.90 Å². The van der Waals surface area contributed by atoms with Gasteiger partial charge >= 0.3 is 5.97 Å². The van der Waals surface area contributed by atoms with Crippen LogP contribution >= 0.6 is 0 Å². The van der Waals surface area contributed by atoms with E-state index in [0.29, 0.717) is 5.92 Å². The van der Waals surface area contributed by atoms with Crippen molar-refractivity contribution in [2.24, 2.45) is 5.92 Å². The lowest BCUT2D eigenvalue weighted by atomic mass is 10.1. The quantitative estimate of drug-likeness (QED) is 0.665. The van der Waals surface area contributed by atoms with Crippen LogP contribution in [0.3, 0.4) is 0 Å². The molecule has 0 aromatic heterocycles. The number of carboxylic acid groups (broad SMARTS) is 1.